The van der Waals surface area contributed by atoms with Crippen LogP contribution < -0.4 is 10.3 Å². The lowest BCUT2D eigenvalue weighted by Crippen LogP contribution is -2.25. The van der Waals surface area contributed by atoms with Crippen molar-refractivity contribution in [1.29, 1.82) is 0 Å². The highest BCUT2D eigenvalue weighted by molar-refractivity contribution is 6.30. The van der Waals surface area contributed by atoms with Crippen LogP contribution in [0.5, 0.6) is 5.88 Å². The second-order valence-electron chi connectivity index (χ2n) is 4.72. The van der Waals surface area contributed by atoms with E-state index < -0.39 is 0 Å². The van der Waals surface area contributed by atoms with Gasteiger partial charge < -0.3 is 4.74 Å². The van der Waals surface area contributed by atoms with E-state index in [1.54, 1.807) is 29.0 Å². The van der Waals surface area contributed by atoms with Crippen LogP contribution >= 0.6 is 11.6 Å². The number of nitrogens with zero attached hydrogens (tertiary/aromatic N) is 3. The second kappa shape index (κ2) is 6.15. The van der Waals surface area contributed by atoms with Gasteiger partial charge in [0.25, 0.3) is 5.88 Å². The minimum Gasteiger partial charge on any atom is -0.474 e. The second-order valence-corrected chi connectivity index (χ2v) is 5.15. The molecule has 22 heavy (non-hydrogen) atoms. The first-order chi connectivity index (χ1) is 10.7. The highest BCUT2D eigenvalue weighted by Crippen LogP contribution is 2.15. The summed E-state index contributed by atoms with van der Waals surface area (Å²) in [7, 11) is 0. The Morgan fingerprint density at radius 3 is 2.91 bits per heavy atom. The summed E-state index contributed by atoms with van der Waals surface area (Å²) in [5, 5.41) is 0.627. The fourth-order valence-corrected chi connectivity index (χ4v) is 2.46. The van der Waals surface area contributed by atoms with Crippen molar-refractivity contribution in [1.82, 2.24) is 14.5 Å². The third kappa shape index (κ3) is 2.80. The largest absolute Gasteiger partial charge is 0.474 e. The van der Waals surface area contributed by atoms with E-state index in [1.165, 1.54) is 0 Å². The summed E-state index contributed by atoms with van der Waals surface area (Å²) in [6.45, 7) is 2.55. The molecule has 0 aliphatic carbocycles. The van der Waals surface area contributed by atoms with E-state index in [2.05, 4.69) is 9.97 Å². The molecule has 0 N–H and O–H groups in total. The average Bonchev–Trinajstić information content (AvgIpc) is 2.52. The smallest absolute Gasteiger partial charge is 0.315 e. The van der Waals surface area contributed by atoms with Crippen LogP contribution in [0.3, 0.4) is 0 Å². The number of hydrogen-bond donors (Lipinski definition) is 0. The Labute approximate surface area is 132 Å². The van der Waals surface area contributed by atoms with E-state index in [1.807, 2.05) is 25.1 Å². The van der Waals surface area contributed by atoms with Gasteiger partial charge in [-0.3, -0.25) is 9.36 Å². The van der Waals surface area contributed by atoms with Crippen molar-refractivity contribution < 1.29 is 4.74 Å². The quantitative estimate of drug-likeness (QED) is 0.743. The Morgan fingerprint density at radius 1 is 1.27 bits per heavy atom. The summed E-state index contributed by atoms with van der Waals surface area (Å²) >= 11 is 6.01. The molecule has 0 amide bonds. The van der Waals surface area contributed by atoms with Crippen LogP contribution in [-0.2, 0) is 6.54 Å². The predicted molar refractivity (Wildman–Crippen MR) is 85.5 cm³/mol. The first-order valence-corrected chi connectivity index (χ1v) is 7.29. The molecule has 2 heterocycles. The highest BCUT2D eigenvalue weighted by atomic mass is 35.5. The van der Waals surface area contributed by atoms with E-state index >= 15 is 0 Å². The molecule has 0 aliphatic heterocycles. The molecular weight excluding hydrogens is 302 g/mol. The number of pyridine rings is 1. The molecule has 0 radical (unpaired) electrons. The molecule has 0 fully saturated rings. The first kappa shape index (κ1) is 14.5. The summed E-state index contributed by atoms with van der Waals surface area (Å²) in [4.78, 5) is 21.1. The number of ether oxygens (including phenoxy) is 1. The topological polar surface area (TPSA) is 57.0 Å². The van der Waals surface area contributed by atoms with Gasteiger partial charge in [-0.05, 0) is 36.8 Å². The van der Waals surface area contributed by atoms with Crippen LogP contribution in [0.2, 0.25) is 5.02 Å². The third-order valence-corrected chi connectivity index (χ3v) is 3.42. The molecule has 2 aromatic heterocycles. The Kier molecular flexibility index (Phi) is 4.06. The highest BCUT2D eigenvalue weighted by Gasteiger charge is 2.13. The molecule has 0 atom stereocenters. The van der Waals surface area contributed by atoms with Gasteiger partial charge in [0.15, 0.2) is 5.65 Å². The Balaban J connectivity index is 2.18. The fourth-order valence-electron chi connectivity index (χ4n) is 2.25. The van der Waals surface area contributed by atoms with Crippen molar-refractivity contribution in [2.75, 3.05) is 6.61 Å². The van der Waals surface area contributed by atoms with Gasteiger partial charge in [0.2, 0.25) is 0 Å². The van der Waals surface area contributed by atoms with Crippen LogP contribution in [0, 0.1) is 0 Å². The number of hydrogen-bond acceptors (Lipinski definition) is 4. The molecule has 3 aromatic rings. The van der Waals surface area contributed by atoms with Crippen LogP contribution in [-0.4, -0.2) is 21.1 Å². The Hall–Kier alpha value is -2.40. The van der Waals surface area contributed by atoms with Crippen LogP contribution in [0.1, 0.15) is 12.5 Å². The average molecular weight is 316 g/mol. The van der Waals surface area contributed by atoms with E-state index in [0.29, 0.717) is 29.3 Å². The van der Waals surface area contributed by atoms with Crippen LogP contribution in [0.15, 0.2) is 47.4 Å². The minimum absolute atomic E-state index is 0.0880. The van der Waals surface area contributed by atoms with Gasteiger partial charge >= 0.3 is 5.56 Å². The van der Waals surface area contributed by atoms with Gasteiger partial charge in [0, 0.05) is 11.2 Å². The molecule has 0 bridgehead atoms. The van der Waals surface area contributed by atoms with Gasteiger partial charge in [0.1, 0.15) is 5.52 Å². The van der Waals surface area contributed by atoms with Crippen LogP contribution in [0.25, 0.3) is 11.2 Å². The van der Waals surface area contributed by atoms with Crippen molar-refractivity contribution in [2.45, 2.75) is 13.5 Å². The number of halogens is 1. The number of benzene rings is 1. The van der Waals surface area contributed by atoms with Gasteiger partial charge in [0.05, 0.1) is 13.2 Å². The summed E-state index contributed by atoms with van der Waals surface area (Å²) < 4.78 is 6.90. The summed E-state index contributed by atoms with van der Waals surface area (Å²) in [5.41, 5.74) is 1.76. The molecule has 0 saturated heterocycles. The molecule has 0 spiro atoms. The number of rotatable bonds is 4. The summed E-state index contributed by atoms with van der Waals surface area (Å²) in [6.07, 6.45) is 1.64. The zero-order chi connectivity index (χ0) is 15.5. The van der Waals surface area contributed by atoms with E-state index in [-0.39, 0.29) is 11.4 Å². The van der Waals surface area contributed by atoms with Crippen molar-refractivity contribution >= 4 is 22.8 Å². The lowest BCUT2D eigenvalue weighted by Gasteiger charge is -2.11. The number of aromatic nitrogens is 3. The standard InChI is InChI=1S/C16H14ClN3O2/c1-2-22-15-16(21)20(10-11-5-3-6-12(17)9-11)14-13(19-15)7-4-8-18-14/h3-9H,2,10H2,1H3. The van der Waals surface area contributed by atoms with Gasteiger partial charge in [-0.2, -0.15) is 0 Å². The molecule has 3 rings (SSSR count). The van der Waals surface area contributed by atoms with Crippen molar-refractivity contribution in [3.63, 3.8) is 0 Å². The normalized spacial score (nSPS) is 10.8. The molecule has 0 unspecified atom stereocenters. The molecule has 6 heteroatoms. The lowest BCUT2D eigenvalue weighted by molar-refractivity contribution is 0.320. The zero-order valence-electron chi connectivity index (χ0n) is 12.0. The van der Waals surface area contributed by atoms with E-state index in [9.17, 15) is 4.79 Å². The fraction of sp³-hybridized carbons (Fsp3) is 0.188. The van der Waals surface area contributed by atoms with Gasteiger partial charge in [-0.25, -0.2) is 9.97 Å². The van der Waals surface area contributed by atoms with Crippen molar-refractivity contribution in [3.05, 3.63) is 63.5 Å². The first-order valence-electron chi connectivity index (χ1n) is 6.92. The Bertz CT molecular complexity index is 877. The monoisotopic (exact) mass is 315 g/mol. The summed E-state index contributed by atoms with van der Waals surface area (Å²) in [6, 6.07) is 11.0. The Morgan fingerprint density at radius 2 is 2.14 bits per heavy atom. The number of fused-ring (bicyclic) bond motifs is 1. The molecular formula is C16H14ClN3O2. The van der Waals surface area contributed by atoms with Crippen molar-refractivity contribution in [3.8, 4) is 5.88 Å². The molecule has 112 valence electrons. The maximum absolute atomic E-state index is 12.6. The van der Waals surface area contributed by atoms with Gasteiger partial charge in [-0.15, -0.1) is 0 Å². The third-order valence-electron chi connectivity index (χ3n) is 3.18. The molecule has 5 nitrogen and oxygen atoms in total. The minimum atomic E-state index is -0.298. The maximum Gasteiger partial charge on any atom is 0.315 e. The zero-order valence-corrected chi connectivity index (χ0v) is 12.7. The van der Waals surface area contributed by atoms with Crippen LogP contribution in [0.4, 0.5) is 0 Å². The summed E-state index contributed by atoms with van der Waals surface area (Å²) in [5.74, 6) is 0.0880. The van der Waals surface area contributed by atoms with Gasteiger partial charge in [-0.1, -0.05) is 23.7 Å². The van der Waals surface area contributed by atoms with E-state index in [4.69, 9.17) is 16.3 Å². The van der Waals surface area contributed by atoms with E-state index in [0.717, 1.165) is 5.56 Å². The predicted octanol–water partition coefficient (Wildman–Crippen LogP) is 2.89. The maximum atomic E-state index is 12.6. The SMILES string of the molecule is CCOc1nc2cccnc2n(Cc2cccc(Cl)c2)c1=O. The molecule has 0 aliphatic rings. The lowest BCUT2D eigenvalue weighted by atomic mass is 10.2. The van der Waals surface area contributed by atoms with Crippen molar-refractivity contribution in [2.24, 2.45) is 0 Å². The molecule has 0 saturated carbocycles. The molecule has 1 aromatic carbocycles.